The van der Waals surface area contributed by atoms with E-state index in [2.05, 4.69) is 4.72 Å². The van der Waals surface area contributed by atoms with Crippen LogP contribution in [0.5, 0.6) is 5.75 Å². The van der Waals surface area contributed by atoms with Crippen LogP contribution in [0.3, 0.4) is 0 Å². The van der Waals surface area contributed by atoms with Crippen molar-refractivity contribution in [1.29, 1.82) is 0 Å². The smallest absolute Gasteiger partial charge is 0.244 e. The maximum atomic E-state index is 12.2. The molecule has 0 amide bonds. The van der Waals surface area contributed by atoms with Gasteiger partial charge in [-0.2, -0.15) is 0 Å². The maximum absolute atomic E-state index is 12.2. The van der Waals surface area contributed by atoms with Gasteiger partial charge in [0.15, 0.2) is 5.78 Å². The lowest BCUT2D eigenvalue weighted by Crippen LogP contribution is -2.27. The van der Waals surface area contributed by atoms with Gasteiger partial charge in [0.1, 0.15) is 10.6 Å². The second kappa shape index (κ2) is 7.37. The molecule has 0 saturated carbocycles. The summed E-state index contributed by atoms with van der Waals surface area (Å²) in [4.78, 5) is 11.6. The Kier molecular flexibility index (Phi) is 6.12. The monoisotopic (exact) mass is 301 g/mol. The third kappa shape index (κ3) is 4.03. The molecule has 0 aliphatic carbocycles. The molecule has 1 N–H and O–H groups in total. The van der Waals surface area contributed by atoms with Gasteiger partial charge in [0, 0.05) is 25.6 Å². The number of benzene rings is 1. The molecule has 20 heavy (non-hydrogen) atoms. The van der Waals surface area contributed by atoms with Crippen LogP contribution in [-0.4, -0.2) is 41.6 Å². The van der Waals surface area contributed by atoms with Crippen LogP contribution >= 0.6 is 0 Å². The topological polar surface area (TPSA) is 81.7 Å². The van der Waals surface area contributed by atoms with Crippen LogP contribution in [0.25, 0.3) is 0 Å². The fourth-order valence-corrected chi connectivity index (χ4v) is 2.83. The molecule has 1 aromatic carbocycles. The van der Waals surface area contributed by atoms with E-state index < -0.39 is 10.0 Å². The Labute approximate surface area is 119 Å². The summed E-state index contributed by atoms with van der Waals surface area (Å²) in [5, 5.41) is 0. The van der Waals surface area contributed by atoms with Crippen molar-refractivity contribution in [2.75, 3.05) is 27.4 Å². The van der Waals surface area contributed by atoms with Crippen molar-refractivity contribution in [2.24, 2.45) is 0 Å². The maximum Gasteiger partial charge on any atom is 0.244 e. The van der Waals surface area contributed by atoms with E-state index in [-0.39, 0.29) is 29.6 Å². The highest BCUT2D eigenvalue weighted by Crippen LogP contribution is 2.25. The molecule has 0 unspecified atom stereocenters. The van der Waals surface area contributed by atoms with Gasteiger partial charge in [0.2, 0.25) is 10.0 Å². The third-order valence-electron chi connectivity index (χ3n) is 2.69. The number of carbonyl (C=O) groups is 1. The van der Waals surface area contributed by atoms with Crippen LogP contribution in [0, 0.1) is 0 Å². The Morgan fingerprint density at radius 2 is 2.00 bits per heavy atom. The SMILES string of the molecule is CCC(=O)c1ccc(OC)c(S(=O)(=O)NCCOC)c1. The van der Waals surface area contributed by atoms with Crippen LogP contribution in [0.4, 0.5) is 0 Å². The van der Waals surface area contributed by atoms with Crippen LogP contribution in [0.1, 0.15) is 23.7 Å². The van der Waals surface area contributed by atoms with Crippen LogP contribution in [0.2, 0.25) is 0 Å². The molecule has 0 heterocycles. The molecular weight excluding hydrogens is 282 g/mol. The number of ketones is 1. The van der Waals surface area contributed by atoms with Gasteiger partial charge in [-0.15, -0.1) is 0 Å². The lowest BCUT2D eigenvalue weighted by Gasteiger charge is -2.11. The van der Waals surface area contributed by atoms with Gasteiger partial charge in [0.05, 0.1) is 13.7 Å². The van der Waals surface area contributed by atoms with E-state index in [0.29, 0.717) is 12.0 Å². The molecule has 1 aromatic rings. The quantitative estimate of drug-likeness (QED) is 0.576. The summed E-state index contributed by atoms with van der Waals surface area (Å²) < 4.78 is 36.6. The highest BCUT2D eigenvalue weighted by molar-refractivity contribution is 7.89. The number of sulfonamides is 1. The number of nitrogens with one attached hydrogen (secondary N) is 1. The van der Waals surface area contributed by atoms with Crippen molar-refractivity contribution in [1.82, 2.24) is 4.72 Å². The second-order valence-corrected chi connectivity index (χ2v) is 5.77. The van der Waals surface area contributed by atoms with E-state index in [1.54, 1.807) is 13.0 Å². The summed E-state index contributed by atoms with van der Waals surface area (Å²) in [5.74, 6) is 0.0727. The molecule has 1 rings (SSSR count). The highest BCUT2D eigenvalue weighted by Gasteiger charge is 2.20. The Hall–Kier alpha value is -1.44. The van der Waals surface area contributed by atoms with Crippen LogP contribution in [0.15, 0.2) is 23.1 Å². The lowest BCUT2D eigenvalue weighted by molar-refractivity contribution is 0.0988. The molecule has 0 spiro atoms. The number of Topliss-reactive ketones (excluding diaryl/α,β-unsaturated/α-hetero) is 1. The van der Waals surface area contributed by atoms with Crippen LogP contribution in [-0.2, 0) is 14.8 Å². The van der Waals surface area contributed by atoms with E-state index >= 15 is 0 Å². The average Bonchev–Trinajstić information content (AvgIpc) is 2.45. The van der Waals surface area contributed by atoms with Gasteiger partial charge in [-0.05, 0) is 18.2 Å². The first-order valence-corrected chi connectivity index (χ1v) is 7.64. The molecular formula is C13H19NO5S. The van der Waals surface area contributed by atoms with E-state index in [4.69, 9.17) is 9.47 Å². The zero-order chi connectivity index (χ0) is 15.2. The largest absolute Gasteiger partial charge is 0.495 e. The molecule has 0 saturated heterocycles. The van der Waals surface area contributed by atoms with Crippen molar-refractivity contribution >= 4 is 15.8 Å². The minimum Gasteiger partial charge on any atom is -0.495 e. The predicted molar refractivity (Wildman–Crippen MR) is 74.7 cm³/mol. The van der Waals surface area contributed by atoms with E-state index in [1.807, 2.05) is 0 Å². The van der Waals surface area contributed by atoms with E-state index in [9.17, 15) is 13.2 Å². The fraction of sp³-hybridized carbons (Fsp3) is 0.462. The molecule has 0 fully saturated rings. The molecule has 0 bridgehead atoms. The standard InChI is InChI=1S/C13H19NO5S/c1-4-11(15)10-5-6-12(19-3)13(9-10)20(16,17)14-7-8-18-2/h5-6,9,14H,4,7-8H2,1-3H3. The first kappa shape index (κ1) is 16.6. The molecule has 7 heteroatoms. The Balaban J connectivity index is 3.16. The third-order valence-corrected chi connectivity index (χ3v) is 4.18. The zero-order valence-corrected chi connectivity index (χ0v) is 12.6. The van der Waals surface area contributed by atoms with E-state index in [1.165, 1.54) is 26.4 Å². The van der Waals surface area contributed by atoms with Crippen LogP contribution < -0.4 is 9.46 Å². The summed E-state index contributed by atoms with van der Waals surface area (Å²) in [5.41, 5.74) is 0.348. The van der Waals surface area contributed by atoms with Gasteiger partial charge in [-0.25, -0.2) is 13.1 Å². The number of rotatable bonds is 8. The Morgan fingerprint density at radius 3 is 2.55 bits per heavy atom. The molecule has 0 atom stereocenters. The minimum absolute atomic E-state index is 0.0459. The number of methoxy groups -OCH3 is 2. The predicted octanol–water partition coefficient (Wildman–Crippen LogP) is 1.21. The van der Waals surface area contributed by atoms with E-state index in [0.717, 1.165) is 0 Å². The summed E-state index contributed by atoms with van der Waals surface area (Å²) in [6, 6.07) is 4.37. The van der Waals surface area contributed by atoms with Crippen molar-refractivity contribution in [3.05, 3.63) is 23.8 Å². The zero-order valence-electron chi connectivity index (χ0n) is 11.8. The lowest BCUT2D eigenvalue weighted by atomic mass is 10.1. The number of hydrogen-bond donors (Lipinski definition) is 1. The number of hydrogen-bond acceptors (Lipinski definition) is 5. The van der Waals surface area contributed by atoms with Crippen molar-refractivity contribution in [3.63, 3.8) is 0 Å². The van der Waals surface area contributed by atoms with Crippen molar-refractivity contribution < 1.29 is 22.7 Å². The average molecular weight is 301 g/mol. The summed E-state index contributed by atoms with van der Waals surface area (Å²) in [6.07, 6.45) is 0.308. The first-order chi connectivity index (χ1) is 9.46. The molecule has 6 nitrogen and oxygen atoms in total. The number of carbonyl (C=O) groups excluding carboxylic acids is 1. The van der Waals surface area contributed by atoms with Gasteiger partial charge in [-0.3, -0.25) is 4.79 Å². The molecule has 0 aliphatic rings. The normalized spacial score (nSPS) is 11.3. The first-order valence-electron chi connectivity index (χ1n) is 6.16. The molecule has 0 radical (unpaired) electrons. The minimum atomic E-state index is -3.75. The van der Waals surface area contributed by atoms with Crippen molar-refractivity contribution in [2.45, 2.75) is 18.2 Å². The van der Waals surface area contributed by atoms with Gasteiger partial charge < -0.3 is 9.47 Å². The summed E-state index contributed by atoms with van der Waals surface area (Å²) in [6.45, 7) is 2.13. The summed E-state index contributed by atoms with van der Waals surface area (Å²) >= 11 is 0. The molecule has 0 aromatic heterocycles. The Morgan fingerprint density at radius 1 is 1.30 bits per heavy atom. The second-order valence-electron chi connectivity index (χ2n) is 4.03. The number of ether oxygens (including phenoxy) is 2. The summed E-state index contributed by atoms with van der Waals surface area (Å²) in [7, 11) is -0.885. The fourth-order valence-electron chi connectivity index (χ4n) is 1.62. The molecule has 0 aliphatic heterocycles. The van der Waals surface area contributed by atoms with Gasteiger partial charge in [-0.1, -0.05) is 6.92 Å². The van der Waals surface area contributed by atoms with Gasteiger partial charge >= 0.3 is 0 Å². The Bertz CT molecular complexity index is 568. The van der Waals surface area contributed by atoms with Crippen molar-refractivity contribution in [3.8, 4) is 5.75 Å². The van der Waals surface area contributed by atoms with Gasteiger partial charge in [0.25, 0.3) is 0 Å². The molecule has 112 valence electrons. The highest BCUT2D eigenvalue weighted by atomic mass is 32.2.